The third-order valence-corrected chi connectivity index (χ3v) is 5.90. The molecule has 0 saturated carbocycles. The Labute approximate surface area is 162 Å². The summed E-state index contributed by atoms with van der Waals surface area (Å²) in [4.78, 5) is 30.2. The van der Waals surface area contributed by atoms with Gasteiger partial charge in [-0.05, 0) is 38.2 Å². The lowest BCUT2D eigenvalue weighted by molar-refractivity contribution is -0.148. The fourth-order valence-electron chi connectivity index (χ4n) is 4.45. The summed E-state index contributed by atoms with van der Waals surface area (Å²) in [5.74, 6) is 0.936. The monoisotopic (exact) mass is 372 g/mol. The Morgan fingerprint density at radius 2 is 1.93 bits per heavy atom. The summed E-state index contributed by atoms with van der Waals surface area (Å²) in [6.07, 6.45) is 6.41. The van der Waals surface area contributed by atoms with Gasteiger partial charge in [-0.3, -0.25) is 9.59 Å². The summed E-state index contributed by atoms with van der Waals surface area (Å²) in [6.45, 7) is 4.51. The van der Waals surface area contributed by atoms with Gasteiger partial charge in [-0.1, -0.05) is 31.5 Å². The third-order valence-electron chi connectivity index (χ3n) is 5.90. The summed E-state index contributed by atoms with van der Waals surface area (Å²) < 4.78 is 5.60. The molecule has 2 saturated heterocycles. The number of benzene rings is 1. The standard InChI is InChI=1S/C22H32N2O3/c1-3-4-16-24-20(25)13-12-18(22(26)23-14-8-5-9-15-23)21(24)17-10-6-7-11-19(17)27-2/h6-7,10-11,18,21H,3-5,8-9,12-16H2,1-2H3. The van der Waals surface area contributed by atoms with Crippen LogP contribution in [0, 0.1) is 5.92 Å². The second kappa shape index (κ2) is 9.25. The van der Waals surface area contributed by atoms with Crippen molar-refractivity contribution < 1.29 is 14.3 Å². The van der Waals surface area contributed by atoms with Gasteiger partial charge in [0, 0.05) is 31.6 Å². The Morgan fingerprint density at radius 3 is 2.63 bits per heavy atom. The van der Waals surface area contributed by atoms with Crippen LogP contribution in [0.4, 0.5) is 0 Å². The van der Waals surface area contributed by atoms with E-state index in [1.165, 1.54) is 6.42 Å². The highest BCUT2D eigenvalue weighted by atomic mass is 16.5. The molecule has 0 aliphatic carbocycles. The maximum absolute atomic E-state index is 13.4. The average Bonchev–Trinajstić information content (AvgIpc) is 2.72. The summed E-state index contributed by atoms with van der Waals surface area (Å²) in [5.41, 5.74) is 0.958. The maximum Gasteiger partial charge on any atom is 0.228 e. The Balaban J connectivity index is 1.96. The van der Waals surface area contributed by atoms with E-state index in [4.69, 9.17) is 4.74 Å². The summed E-state index contributed by atoms with van der Waals surface area (Å²) in [7, 11) is 1.65. The molecule has 2 atom stereocenters. The molecule has 5 heteroatoms. The third kappa shape index (κ3) is 4.28. The van der Waals surface area contributed by atoms with Gasteiger partial charge in [0.25, 0.3) is 0 Å². The molecule has 1 aromatic rings. The fraction of sp³-hybridized carbons (Fsp3) is 0.636. The minimum atomic E-state index is -0.233. The number of amides is 2. The van der Waals surface area contributed by atoms with Crippen LogP contribution in [0.2, 0.25) is 0 Å². The molecule has 2 aliphatic rings. The number of likely N-dealkylation sites (tertiary alicyclic amines) is 2. The molecule has 3 rings (SSSR count). The van der Waals surface area contributed by atoms with Gasteiger partial charge >= 0.3 is 0 Å². The van der Waals surface area contributed by atoms with E-state index in [0.29, 0.717) is 19.4 Å². The molecular weight excluding hydrogens is 340 g/mol. The second-order valence-corrected chi connectivity index (χ2v) is 7.66. The zero-order valence-corrected chi connectivity index (χ0v) is 16.7. The van der Waals surface area contributed by atoms with Gasteiger partial charge in [-0.25, -0.2) is 0 Å². The summed E-state index contributed by atoms with van der Waals surface area (Å²) in [6, 6.07) is 7.61. The largest absolute Gasteiger partial charge is 0.496 e. The molecule has 2 amide bonds. The van der Waals surface area contributed by atoms with E-state index in [0.717, 1.165) is 50.1 Å². The normalized spacial score (nSPS) is 23.4. The first-order valence-corrected chi connectivity index (χ1v) is 10.4. The highest BCUT2D eigenvalue weighted by molar-refractivity contribution is 5.85. The van der Waals surface area contributed by atoms with E-state index in [2.05, 4.69) is 6.92 Å². The summed E-state index contributed by atoms with van der Waals surface area (Å²) in [5, 5.41) is 0. The number of carbonyl (C=O) groups excluding carboxylic acids is 2. The predicted octanol–water partition coefficient (Wildman–Crippen LogP) is 3.79. The van der Waals surface area contributed by atoms with Crippen LogP contribution in [0.1, 0.15) is 63.5 Å². The van der Waals surface area contributed by atoms with Gasteiger partial charge in [-0.2, -0.15) is 0 Å². The molecule has 0 radical (unpaired) electrons. The van der Waals surface area contributed by atoms with E-state index in [1.54, 1.807) is 7.11 Å². The van der Waals surface area contributed by atoms with Crippen molar-refractivity contribution in [3.05, 3.63) is 29.8 Å². The number of para-hydroxylation sites is 1. The van der Waals surface area contributed by atoms with Crippen LogP contribution in [0.5, 0.6) is 5.75 Å². The van der Waals surface area contributed by atoms with Crippen LogP contribution in [-0.2, 0) is 9.59 Å². The van der Waals surface area contributed by atoms with E-state index >= 15 is 0 Å². The number of methoxy groups -OCH3 is 1. The van der Waals surface area contributed by atoms with Crippen LogP contribution in [0.25, 0.3) is 0 Å². The quantitative estimate of drug-likeness (QED) is 0.763. The molecule has 0 bridgehead atoms. The van der Waals surface area contributed by atoms with E-state index in [9.17, 15) is 9.59 Å². The molecule has 148 valence electrons. The highest BCUT2D eigenvalue weighted by Gasteiger charge is 2.43. The molecule has 27 heavy (non-hydrogen) atoms. The lowest BCUT2D eigenvalue weighted by Crippen LogP contribution is -2.50. The average molecular weight is 373 g/mol. The minimum Gasteiger partial charge on any atom is -0.496 e. The molecule has 0 aromatic heterocycles. The van der Waals surface area contributed by atoms with Gasteiger partial charge in [0.2, 0.25) is 11.8 Å². The number of piperidine rings is 2. The number of nitrogens with zero attached hydrogens (tertiary/aromatic N) is 2. The Hall–Kier alpha value is -2.04. The second-order valence-electron chi connectivity index (χ2n) is 7.66. The molecule has 0 spiro atoms. The predicted molar refractivity (Wildman–Crippen MR) is 106 cm³/mol. The van der Waals surface area contributed by atoms with Crippen molar-refractivity contribution in [2.75, 3.05) is 26.7 Å². The van der Waals surface area contributed by atoms with E-state index in [1.807, 2.05) is 34.1 Å². The fourth-order valence-corrected chi connectivity index (χ4v) is 4.45. The number of rotatable bonds is 6. The number of unbranched alkanes of at least 4 members (excludes halogenated alkanes) is 1. The first-order valence-electron chi connectivity index (χ1n) is 10.4. The Bertz CT molecular complexity index is 655. The number of hydrogen-bond donors (Lipinski definition) is 0. The molecule has 2 fully saturated rings. The van der Waals surface area contributed by atoms with Crippen molar-refractivity contribution in [2.45, 2.75) is 57.9 Å². The van der Waals surface area contributed by atoms with Crippen molar-refractivity contribution in [3.8, 4) is 5.75 Å². The van der Waals surface area contributed by atoms with Gasteiger partial charge in [0.1, 0.15) is 5.75 Å². The Morgan fingerprint density at radius 1 is 1.19 bits per heavy atom. The van der Waals surface area contributed by atoms with Gasteiger partial charge in [-0.15, -0.1) is 0 Å². The Kier molecular flexibility index (Phi) is 6.75. The van der Waals surface area contributed by atoms with Crippen molar-refractivity contribution in [3.63, 3.8) is 0 Å². The molecule has 2 heterocycles. The van der Waals surface area contributed by atoms with Crippen molar-refractivity contribution >= 4 is 11.8 Å². The maximum atomic E-state index is 13.4. The van der Waals surface area contributed by atoms with E-state index < -0.39 is 0 Å². The zero-order valence-electron chi connectivity index (χ0n) is 16.7. The van der Waals surface area contributed by atoms with Crippen LogP contribution in [0.3, 0.4) is 0 Å². The first kappa shape index (κ1) is 19.7. The van der Waals surface area contributed by atoms with Crippen LogP contribution >= 0.6 is 0 Å². The van der Waals surface area contributed by atoms with Crippen molar-refractivity contribution in [1.82, 2.24) is 9.80 Å². The lowest BCUT2D eigenvalue weighted by atomic mass is 9.82. The smallest absolute Gasteiger partial charge is 0.228 e. The molecule has 2 aliphatic heterocycles. The molecule has 5 nitrogen and oxygen atoms in total. The topological polar surface area (TPSA) is 49.9 Å². The summed E-state index contributed by atoms with van der Waals surface area (Å²) >= 11 is 0. The molecule has 2 unspecified atom stereocenters. The van der Waals surface area contributed by atoms with E-state index in [-0.39, 0.29) is 23.8 Å². The number of carbonyl (C=O) groups is 2. The lowest BCUT2D eigenvalue weighted by Gasteiger charge is -2.43. The number of hydrogen-bond acceptors (Lipinski definition) is 3. The molecular formula is C22H32N2O3. The van der Waals surface area contributed by atoms with Gasteiger partial charge < -0.3 is 14.5 Å². The number of ether oxygens (including phenoxy) is 1. The van der Waals surface area contributed by atoms with Crippen LogP contribution in [-0.4, -0.2) is 48.4 Å². The minimum absolute atomic E-state index is 0.155. The SMILES string of the molecule is CCCCN1C(=O)CCC(C(=O)N2CCCCC2)C1c1ccccc1OC. The van der Waals surface area contributed by atoms with Crippen molar-refractivity contribution in [2.24, 2.45) is 5.92 Å². The first-order chi connectivity index (χ1) is 13.2. The van der Waals surface area contributed by atoms with Crippen LogP contribution < -0.4 is 4.74 Å². The highest BCUT2D eigenvalue weighted by Crippen LogP contribution is 2.41. The van der Waals surface area contributed by atoms with Crippen molar-refractivity contribution in [1.29, 1.82) is 0 Å². The molecule has 1 aromatic carbocycles. The van der Waals surface area contributed by atoms with Gasteiger partial charge in [0.05, 0.1) is 19.1 Å². The van der Waals surface area contributed by atoms with Gasteiger partial charge in [0.15, 0.2) is 0 Å². The zero-order chi connectivity index (χ0) is 19.2. The molecule has 0 N–H and O–H groups in total. The van der Waals surface area contributed by atoms with Crippen LogP contribution in [0.15, 0.2) is 24.3 Å².